The number of ketones is 2. The van der Waals surface area contributed by atoms with E-state index in [4.69, 9.17) is 0 Å². The molecule has 0 saturated heterocycles. The van der Waals surface area contributed by atoms with Crippen molar-refractivity contribution in [3.05, 3.63) is 0 Å². The summed E-state index contributed by atoms with van der Waals surface area (Å²) in [5.74, 6) is -1.08. The van der Waals surface area contributed by atoms with Gasteiger partial charge in [0.1, 0.15) is 5.60 Å². The van der Waals surface area contributed by atoms with Gasteiger partial charge < -0.3 is 5.11 Å². The van der Waals surface area contributed by atoms with E-state index < -0.39 is 16.8 Å². The summed E-state index contributed by atoms with van der Waals surface area (Å²) >= 11 is 0. The van der Waals surface area contributed by atoms with Crippen LogP contribution >= 0.6 is 0 Å². The van der Waals surface area contributed by atoms with E-state index in [-0.39, 0.29) is 23.0 Å². The SMILES string of the molecule is CC[C@@H](C)C(=O)C(=O)[C@@]1(O)[C@@H](C)CC[C@H]2C(C)(C)CCC[C@@]21C. The molecule has 3 nitrogen and oxygen atoms in total. The summed E-state index contributed by atoms with van der Waals surface area (Å²) in [5, 5.41) is 11.6. The average Bonchev–Trinajstić information content (AvgIpc) is 2.49. The van der Waals surface area contributed by atoms with Gasteiger partial charge in [-0.2, -0.15) is 0 Å². The van der Waals surface area contributed by atoms with Crippen LogP contribution in [0.1, 0.15) is 80.1 Å². The predicted molar refractivity (Wildman–Crippen MR) is 92.0 cm³/mol. The third-order valence-corrected chi connectivity index (χ3v) is 7.33. The van der Waals surface area contributed by atoms with Gasteiger partial charge in [-0.15, -0.1) is 0 Å². The van der Waals surface area contributed by atoms with Crippen molar-refractivity contribution in [3.8, 4) is 0 Å². The zero-order valence-electron chi connectivity index (χ0n) is 15.7. The Labute approximate surface area is 141 Å². The van der Waals surface area contributed by atoms with Crippen LogP contribution in [0.15, 0.2) is 0 Å². The average molecular weight is 322 g/mol. The lowest BCUT2D eigenvalue weighted by Crippen LogP contribution is -2.67. The first-order valence-corrected chi connectivity index (χ1v) is 9.33. The zero-order valence-corrected chi connectivity index (χ0v) is 15.7. The van der Waals surface area contributed by atoms with Crippen LogP contribution in [0, 0.1) is 28.6 Å². The molecule has 3 heteroatoms. The van der Waals surface area contributed by atoms with Gasteiger partial charge in [0.15, 0.2) is 0 Å². The molecule has 0 spiro atoms. The van der Waals surface area contributed by atoms with Crippen molar-refractivity contribution in [2.24, 2.45) is 28.6 Å². The van der Waals surface area contributed by atoms with Gasteiger partial charge in [-0.05, 0) is 49.4 Å². The summed E-state index contributed by atoms with van der Waals surface area (Å²) in [6.07, 6.45) is 5.48. The monoisotopic (exact) mass is 322 g/mol. The fourth-order valence-corrected chi connectivity index (χ4v) is 5.56. The Morgan fingerprint density at radius 3 is 2.35 bits per heavy atom. The molecule has 0 heterocycles. The second-order valence-corrected chi connectivity index (χ2v) is 9.06. The molecule has 0 aromatic carbocycles. The highest BCUT2D eigenvalue weighted by atomic mass is 16.3. The Kier molecular flexibility index (Phi) is 4.85. The summed E-state index contributed by atoms with van der Waals surface area (Å²) in [5.41, 5.74) is -1.89. The fraction of sp³-hybridized carbons (Fsp3) is 0.900. The number of Topliss-reactive ketones (excluding diaryl/α,β-unsaturated/α-hetero) is 2. The molecule has 2 fully saturated rings. The van der Waals surface area contributed by atoms with Crippen LogP contribution in [0.3, 0.4) is 0 Å². The fourth-order valence-electron chi connectivity index (χ4n) is 5.56. The van der Waals surface area contributed by atoms with Crippen molar-refractivity contribution in [1.82, 2.24) is 0 Å². The first-order valence-electron chi connectivity index (χ1n) is 9.33. The molecule has 2 aliphatic carbocycles. The van der Waals surface area contributed by atoms with Crippen molar-refractivity contribution in [2.75, 3.05) is 0 Å². The molecule has 132 valence electrons. The van der Waals surface area contributed by atoms with Gasteiger partial charge in [-0.25, -0.2) is 0 Å². The molecular formula is C20H34O3. The third kappa shape index (κ3) is 2.59. The normalized spacial score (nSPS) is 41.0. The predicted octanol–water partition coefficient (Wildman–Crippen LogP) is 4.16. The number of rotatable bonds is 4. The van der Waals surface area contributed by atoms with E-state index in [9.17, 15) is 14.7 Å². The maximum Gasteiger partial charge on any atom is 0.230 e. The van der Waals surface area contributed by atoms with Gasteiger partial charge in [0.05, 0.1) is 0 Å². The maximum atomic E-state index is 13.1. The van der Waals surface area contributed by atoms with Crippen LogP contribution in [0.25, 0.3) is 0 Å². The maximum absolute atomic E-state index is 13.1. The molecule has 23 heavy (non-hydrogen) atoms. The van der Waals surface area contributed by atoms with Gasteiger partial charge in [-0.3, -0.25) is 9.59 Å². The Balaban J connectivity index is 2.48. The quantitative estimate of drug-likeness (QED) is 0.791. The third-order valence-electron chi connectivity index (χ3n) is 7.33. The molecule has 0 amide bonds. The molecule has 0 aliphatic heterocycles. The Morgan fingerprint density at radius 2 is 1.78 bits per heavy atom. The minimum absolute atomic E-state index is 0.112. The lowest BCUT2D eigenvalue weighted by molar-refractivity contribution is -0.208. The van der Waals surface area contributed by atoms with Crippen LogP contribution in [0.4, 0.5) is 0 Å². The van der Waals surface area contributed by atoms with Gasteiger partial charge in [0, 0.05) is 11.3 Å². The zero-order chi connectivity index (χ0) is 17.6. The summed E-state index contributed by atoms with van der Waals surface area (Å²) in [6.45, 7) is 12.2. The lowest BCUT2D eigenvalue weighted by Gasteiger charge is -2.61. The highest BCUT2D eigenvalue weighted by Crippen LogP contribution is 2.62. The number of hydrogen-bond acceptors (Lipinski definition) is 3. The number of carbonyl (C=O) groups excluding carboxylic acids is 2. The van der Waals surface area contributed by atoms with Crippen molar-refractivity contribution < 1.29 is 14.7 Å². The van der Waals surface area contributed by atoms with Crippen LogP contribution in [0.2, 0.25) is 0 Å². The van der Waals surface area contributed by atoms with Crippen molar-refractivity contribution in [1.29, 1.82) is 0 Å². The summed E-state index contributed by atoms with van der Waals surface area (Å²) < 4.78 is 0. The summed E-state index contributed by atoms with van der Waals surface area (Å²) in [7, 11) is 0. The Bertz CT molecular complexity index is 495. The second-order valence-electron chi connectivity index (χ2n) is 9.06. The van der Waals surface area contributed by atoms with Gasteiger partial charge in [0.25, 0.3) is 0 Å². The first kappa shape index (κ1) is 18.6. The van der Waals surface area contributed by atoms with Crippen LogP contribution in [0.5, 0.6) is 0 Å². The molecule has 2 aliphatic rings. The number of carbonyl (C=O) groups is 2. The van der Waals surface area contributed by atoms with Crippen molar-refractivity contribution in [2.45, 2.75) is 85.7 Å². The van der Waals surface area contributed by atoms with Crippen LogP contribution in [-0.4, -0.2) is 22.3 Å². The first-order chi connectivity index (χ1) is 10.5. The Morgan fingerprint density at radius 1 is 1.17 bits per heavy atom. The van der Waals surface area contributed by atoms with E-state index in [0.29, 0.717) is 12.3 Å². The largest absolute Gasteiger partial charge is 0.381 e. The van der Waals surface area contributed by atoms with E-state index in [1.165, 1.54) is 0 Å². The number of aliphatic hydroxyl groups is 1. The summed E-state index contributed by atoms with van der Waals surface area (Å²) in [6, 6.07) is 0. The number of hydrogen-bond donors (Lipinski definition) is 1. The van der Waals surface area contributed by atoms with Gasteiger partial charge >= 0.3 is 0 Å². The molecule has 0 bridgehead atoms. The van der Waals surface area contributed by atoms with E-state index in [1.807, 2.05) is 13.8 Å². The smallest absolute Gasteiger partial charge is 0.230 e. The van der Waals surface area contributed by atoms with Crippen molar-refractivity contribution in [3.63, 3.8) is 0 Å². The molecule has 2 rings (SSSR count). The van der Waals surface area contributed by atoms with Gasteiger partial charge in [-0.1, -0.05) is 48.0 Å². The molecule has 5 atom stereocenters. The Hall–Kier alpha value is -0.700. The standard InChI is InChI=1S/C20H34O3/c1-7-13(2)16(21)17(22)20(23)14(3)9-10-15-18(4,5)11-8-12-19(15,20)6/h13-15,23H,7-12H2,1-6H3/t13-,14+,15+,19+,20+/m1/s1. The van der Waals surface area contributed by atoms with E-state index in [1.54, 1.807) is 6.92 Å². The van der Waals surface area contributed by atoms with E-state index >= 15 is 0 Å². The molecule has 2 saturated carbocycles. The molecule has 1 N–H and O–H groups in total. The van der Waals surface area contributed by atoms with E-state index in [0.717, 1.165) is 32.1 Å². The lowest BCUT2D eigenvalue weighted by atomic mass is 9.44. The minimum Gasteiger partial charge on any atom is -0.381 e. The number of fused-ring (bicyclic) bond motifs is 1. The highest BCUT2D eigenvalue weighted by molar-refractivity contribution is 6.41. The molecule has 0 aromatic rings. The summed E-state index contributed by atoms with van der Waals surface area (Å²) in [4.78, 5) is 25.7. The molecule has 0 radical (unpaired) electrons. The topological polar surface area (TPSA) is 54.4 Å². The molecular weight excluding hydrogens is 288 g/mol. The second kappa shape index (κ2) is 5.98. The van der Waals surface area contributed by atoms with Crippen LogP contribution in [-0.2, 0) is 9.59 Å². The van der Waals surface area contributed by atoms with E-state index in [2.05, 4.69) is 20.8 Å². The molecule has 0 aromatic heterocycles. The highest BCUT2D eigenvalue weighted by Gasteiger charge is 2.65. The minimum atomic E-state index is -1.51. The van der Waals surface area contributed by atoms with Crippen molar-refractivity contribution >= 4 is 11.6 Å². The van der Waals surface area contributed by atoms with Gasteiger partial charge in [0.2, 0.25) is 11.6 Å². The van der Waals surface area contributed by atoms with Crippen LogP contribution < -0.4 is 0 Å². The molecule has 0 unspecified atom stereocenters.